The number of aromatic carboxylic acids is 1. The molecule has 0 unspecified atom stereocenters. The smallest absolute Gasteiger partial charge is 0.337 e. The van der Waals surface area contributed by atoms with Crippen LogP contribution in [-0.4, -0.2) is 37.4 Å². The predicted octanol–water partition coefficient (Wildman–Crippen LogP) is 3.36. The van der Waals surface area contributed by atoms with Crippen LogP contribution in [0.25, 0.3) is 0 Å². The maximum atomic E-state index is 12.5. The van der Waals surface area contributed by atoms with Crippen molar-refractivity contribution in [3.63, 3.8) is 0 Å². The van der Waals surface area contributed by atoms with Gasteiger partial charge in [0.2, 0.25) is 10.0 Å². The molecule has 21 heavy (non-hydrogen) atoms. The number of carboxylic acids is 1. The maximum Gasteiger partial charge on any atom is 0.337 e. The molecule has 0 amide bonds. The van der Waals surface area contributed by atoms with E-state index < -0.39 is 16.0 Å². The Morgan fingerprint density at radius 1 is 1.24 bits per heavy atom. The lowest BCUT2D eigenvalue weighted by Gasteiger charge is -2.26. The summed E-state index contributed by atoms with van der Waals surface area (Å²) < 4.78 is 26.2. The van der Waals surface area contributed by atoms with Gasteiger partial charge in [-0.2, -0.15) is 0 Å². The van der Waals surface area contributed by atoms with Crippen LogP contribution in [0.2, 0.25) is 10.0 Å². The van der Waals surface area contributed by atoms with Gasteiger partial charge < -0.3 is 5.11 Å². The fourth-order valence-electron chi connectivity index (χ4n) is 1.81. The normalized spacial score (nSPS) is 12.7. The fourth-order valence-corrected chi connectivity index (χ4v) is 4.03. The van der Waals surface area contributed by atoms with Crippen molar-refractivity contribution in [3.05, 3.63) is 27.7 Å². The number of hydrogen-bond donors (Lipinski definition) is 1. The molecule has 0 aliphatic heterocycles. The molecule has 0 saturated carbocycles. The van der Waals surface area contributed by atoms with Crippen molar-refractivity contribution < 1.29 is 18.3 Å². The molecular weight excluding hydrogens is 337 g/mol. The van der Waals surface area contributed by atoms with Gasteiger partial charge in [-0.3, -0.25) is 0 Å². The quantitative estimate of drug-likeness (QED) is 0.900. The van der Waals surface area contributed by atoms with E-state index in [1.807, 2.05) is 20.8 Å². The van der Waals surface area contributed by atoms with E-state index in [9.17, 15) is 13.2 Å². The molecule has 0 heterocycles. The number of halogens is 2. The zero-order valence-corrected chi connectivity index (χ0v) is 14.5. The van der Waals surface area contributed by atoms with Crippen LogP contribution < -0.4 is 0 Å². The minimum Gasteiger partial charge on any atom is -0.478 e. The number of sulfonamides is 1. The van der Waals surface area contributed by atoms with Crippen LogP contribution in [0.4, 0.5) is 0 Å². The van der Waals surface area contributed by atoms with Gasteiger partial charge in [-0.15, -0.1) is 0 Å². The van der Waals surface area contributed by atoms with Crippen molar-refractivity contribution in [1.29, 1.82) is 0 Å². The number of carbonyl (C=O) groups is 1. The second-order valence-corrected chi connectivity index (χ2v) is 8.72. The summed E-state index contributed by atoms with van der Waals surface area (Å²) in [5.74, 6) is -1.31. The van der Waals surface area contributed by atoms with E-state index in [2.05, 4.69) is 0 Å². The Bertz CT molecular complexity index is 665. The first-order chi connectivity index (χ1) is 9.36. The Labute approximate surface area is 134 Å². The monoisotopic (exact) mass is 353 g/mol. The molecule has 0 atom stereocenters. The van der Waals surface area contributed by atoms with Gasteiger partial charge in [0, 0.05) is 13.6 Å². The van der Waals surface area contributed by atoms with Crippen LogP contribution in [0.5, 0.6) is 0 Å². The molecule has 1 N–H and O–H groups in total. The van der Waals surface area contributed by atoms with Crippen LogP contribution in [0.3, 0.4) is 0 Å². The van der Waals surface area contributed by atoms with E-state index >= 15 is 0 Å². The third-order valence-electron chi connectivity index (χ3n) is 2.64. The third-order valence-corrected chi connectivity index (χ3v) is 5.22. The largest absolute Gasteiger partial charge is 0.478 e. The molecular formula is C13H17Cl2NO4S. The van der Waals surface area contributed by atoms with Crippen molar-refractivity contribution in [2.45, 2.75) is 25.7 Å². The van der Waals surface area contributed by atoms with Crippen LogP contribution >= 0.6 is 23.2 Å². The highest BCUT2D eigenvalue weighted by molar-refractivity contribution is 7.89. The number of rotatable bonds is 4. The molecule has 1 rings (SSSR count). The Kier molecular flexibility index (Phi) is 5.31. The fraction of sp³-hybridized carbons (Fsp3) is 0.462. The van der Waals surface area contributed by atoms with Crippen molar-refractivity contribution in [2.24, 2.45) is 5.41 Å². The molecule has 0 radical (unpaired) electrons. The lowest BCUT2D eigenvalue weighted by atomic mass is 9.97. The predicted molar refractivity (Wildman–Crippen MR) is 82.7 cm³/mol. The van der Waals surface area contributed by atoms with Gasteiger partial charge in [-0.1, -0.05) is 44.0 Å². The Hall–Kier alpha value is -0.820. The van der Waals surface area contributed by atoms with Gasteiger partial charge in [0.15, 0.2) is 0 Å². The van der Waals surface area contributed by atoms with Crippen LogP contribution in [0.15, 0.2) is 17.0 Å². The lowest BCUT2D eigenvalue weighted by Crippen LogP contribution is -2.34. The van der Waals surface area contributed by atoms with Crippen molar-refractivity contribution in [3.8, 4) is 0 Å². The van der Waals surface area contributed by atoms with Crippen LogP contribution in [0, 0.1) is 5.41 Å². The van der Waals surface area contributed by atoms with E-state index in [4.69, 9.17) is 28.3 Å². The SMILES string of the molecule is CN(CC(C)(C)C)S(=O)(=O)c1cc(C(=O)O)c(Cl)cc1Cl. The molecule has 1 aromatic rings. The van der Waals surface area contributed by atoms with Gasteiger partial charge in [0.05, 0.1) is 15.6 Å². The average Bonchev–Trinajstić information content (AvgIpc) is 2.25. The Morgan fingerprint density at radius 3 is 2.19 bits per heavy atom. The van der Waals surface area contributed by atoms with Crippen molar-refractivity contribution in [2.75, 3.05) is 13.6 Å². The summed E-state index contributed by atoms with van der Waals surface area (Å²) in [5.41, 5.74) is -0.556. The first kappa shape index (κ1) is 18.2. The van der Waals surface area contributed by atoms with E-state index in [-0.39, 0.29) is 32.5 Å². The standard InChI is InChI=1S/C13H17Cl2NO4S/c1-13(2,3)7-16(4)21(19,20)11-5-8(12(17)18)9(14)6-10(11)15/h5-6H,7H2,1-4H3,(H,17,18). The first-order valence-electron chi connectivity index (χ1n) is 6.05. The molecule has 8 heteroatoms. The van der Waals surface area contributed by atoms with Crippen LogP contribution in [-0.2, 0) is 10.0 Å². The van der Waals surface area contributed by atoms with E-state index in [0.717, 1.165) is 16.4 Å². The zero-order chi connectivity index (χ0) is 16.6. The second kappa shape index (κ2) is 6.12. The Balaban J connectivity index is 3.38. The molecule has 0 fully saturated rings. The summed E-state index contributed by atoms with van der Waals surface area (Å²) in [4.78, 5) is 10.8. The molecule has 0 aliphatic carbocycles. The molecule has 5 nitrogen and oxygen atoms in total. The summed E-state index contributed by atoms with van der Waals surface area (Å²) in [6.07, 6.45) is 0. The van der Waals surface area contributed by atoms with E-state index in [1.165, 1.54) is 7.05 Å². The summed E-state index contributed by atoms with van der Waals surface area (Å²) in [6, 6.07) is 2.12. The highest BCUT2D eigenvalue weighted by atomic mass is 35.5. The highest BCUT2D eigenvalue weighted by Gasteiger charge is 2.29. The zero-order valence-electron chi connectivity index (χ0n) is 12.1. The van der Waals surface area contributed by atoms with Crippen molar-refractivity contribution >= 4 is 39.2 Å². The number of carboxylic acid groups (broad SMARTS) is 1. The minimum absolute atomic E-state index is 0.106. The van der Waals surface area contributed by atoms with Gasteiger partial charge in [0.1, 0.15) is 4.90 Å². The number of nitrogens with zero attached hydrogens (tertiary/aromatic N) is 1. The highest BCUT2D eigenvalue weighted by Crippen LogP contribution is 2.31. The average molecular weight is 354 g/mol. The van der Waals surface area contributed by atoms with Gasteiger partial charge >= 0.3 is 5.97 Å². The molecule has 0 aliphatic rings. The van der Waals surface area contributed by atoms with Crippen LogP contribution in [0.1, 0.15) is 31.1 Å². The Morgan fingerprint density at radius 2 is 1.76 bits per heavy atom. The van der Waals surface area contributed by atoms with Gasteiger partial charge in [0.25, 0.3) is 0 Å². The lowest BCUT2D eigenvalue weighted by molar-refractivity contribution is 0.0697. The van der Waals surface area contributed by atoms with Crippen molar-refractivity contribution in [1.82, 2.24) is 4.31 Å². The number of hydrogen-bond acceptors (Lipinski definition) is 3. The molecule has 0 aromatic heterocycles. The topological polar surface area (TPSA) is 74.7 Å². The second-order valence-electron chi connectivity index (χ2n) is 5.89. The molecule has 0 bridgehead atoms. The van der Waals surface area contributed by atoms with Gasteiger partial charge in [-0.05, 0) is 17.5 Å². The molecule has 1 aromatic carbocycles. The summed E-state index contributed by atoms with van der Waals surface area (Å²) in [6.45, 7) is 5.94. The summed E-state index contributed by atoms with van der Waals surface area (Å²) in [7, 11) is -2.47. The van der Waals surface area contributed by atoms with E-state index in [0.29, 0.717) is 0 Å². The molecule has 118 valence electrons. The third kappa shape index (κ3) is 4.32. The van der Waals surface area contributed by atoms with E-state index in [1.54, 1.807) is 0 Å². The first-order valence-corrected chi connectivity index (χ1v) is 8.24. The molecule has 0 saturated heterocycles. The summed E-state index contributed by atoms with van der Waals surface area (Å²) in [5, 5.41) is 8.82. The summed E-state index contributed by atoms with van der Waals surface area (Å²) >= 11 is 11.7. The number of benzene rings is 1. The molecule has 0 spiro atoms. The minimum atomic E-state index is -3.90. The van der Waals surface area contributed by atoms with Gasteiger partial charge in [-0.25, -0.2) is 17.5 Å². The maximum absolute atomic E-state index is 12.5.